The summed E-state index contributed by atoms with van der Waals surface area (Å²) in [5, 5.41) is 23.9. The number of carbonyl (C=O) groups is 3. The molecule has 30 heavy (non-hydrogen) atoms. The van der Waals surface area contributed by atoms with Crippen LogP contribution in [0.1, 0.15) is 51.0 Å². The predicted molar refractivity (Wildman–Crippen MR) is 113 cm³/mol. The van der Waals surface area contributed by atoms with E-state index < -0.39 is 36.2 Å². The van der Waals surface area contributed by atoms with Crippen LogP contribution < -0.4 is 10.6 Å². The van der Waals surface area contributed by atoms with E-state index in [0.717, 1.165) is 31.2 Å². The SMILES string of the molecule is C=CCCCCCC[C@@H](NC(=O)[C@@H](NC(=O)OCc1ccccc1)[C@@H](C)O)C(=O)O. The molecule has 8 nitrogen and oxygen atoms in total. The molecule has 2 amide bonds. The van der Waals surface area contributed by atoms with Gasteiger partial charge in [-0.25, -0.2) is 9.59 Å². The summed E-state index contributed by atoms with van der Waals surface area (Å²) in [6.07, 6.45) is 4.34. The molecule has 1 aromatic carbocycles. The summed E-state index contributed by atoms with van der Waals surface area (Å²) < 4.78 is 5.06. The highest BCUT2D eigenvalue weighted by Gasteiger charge is 2.30. The van der Waals surface area contributed by atoms with E-state index in [4.69, 9.17) is 4.74 Å². The van der Waals surface area contributed by atoms with Gasteiger partial charge >= 0.3 is 12.1 Å². The number of hydrogen-bond donors (Lipinski definition) is 4. The number of allylic oxidation sites excluding steroid dienone is 1. The fourth-order valence-electron chi connectivity index (χ4n) is 2.81. The van der Waals surface area contributed by atoms with Gasteiger partial charge in [-0.1, -0.05) is 55.7 Å². The lowest BCUT2D eigenvalue weighted by atomic mass is 10.1. The second-order valence-electron chi connectivity index (χ2n) is 7.10. The van der Waals surface area contributed by atoms with Crippen LogP contribution in [0.4, 0.5) is 4.79 Å². The van der Waals surface area contributed by atoms with Crippen molar-refractivity contribution in [2.75, 3.05) is 0 Å². The Balaban J connectivity index is 2.53. The Morgan fingerprint density at radius 3 is 2.37 bits per heavy atom. The minimum atomic E-state index is -1.33. The van der Waals surface area contributed by atoms with Gasteiger partial charge in [-0.3, -0.25) is 4.79 Å². The normalized spacial score (nSPS) is 13.5. The van der Waals surface area contributed by atoms with Crippen molar-refractivity contribution in [1.29, 1.82) is 0 Å². The summed E-state index contributed by atoms with van der Waals surface area (Å²) in [7, 11) is 0. The van der Waals surface area contributed by atoms with E-state index >= 15 is 0 Å². The number of alkyl carbamates (subject to hydrolysis) is 1. The molecule has 166 valence electrons. The van der Waals surface area contributed by atoms with Crippen LogP contribution >= 0.6 is 0 Å². The zero-order valence-electron chi connectivity index (χ0n) is 17.4. The zero-order valence-corrected chi connectivity index (χ0v) is 17.4. The Kier molecular flexibility index (Phi) is 11.9. The maximum atomic E-state index is 12.5. The average molecular weight is 421 g/mol. The number of carboxylic acid groups (broad SMARTS) is 1. The smallest absolute Gasteiger partial charge is 0.408 e. The van der Waals surface area contributed by atoms with Gasteiger partial charge in [0.05, 0.1) is 6.10 Å². The lowest BCUT2D eigenvalue weighted by Crippen LogP contribution is -2.55. The predicted octanol–water partition coefficient (Wildman–Crippen LogP) is 2.76. The Labute approximate surface area is 177 Å². The van der Waals surface area contributed by atoms with Crippen LogP contribution in [0.15, 0.2) is 43.0 Å². The monoisotopic (exact) mass is 420 g/mol. The Hall–Kier alpha value is -2.87. The summed E-state index contributed by atoms with van der Waals surface area (Å²) in [4.78, 5) is 35.9. The number of aliphatic hydroxyl groups excluding tert-OH is 1. The number of benzene rings is 1. The first-order chi connectivity index (χ1) is 14.3. The quantitative estimate of drug-likeness (QED) is 0.271. The molecule has 0 fully saturated rings. The fraction of sp³-hybridized carbons (Fsp3) is 0.500. The van der Waals surface area contributed by atoms with Crippen molar-refractivity contribution in [3.8, 4) is 0 Å². The molecule has 0 radical (unpaired) electrons. The standard InChI is InChI=1S/C22H32N2O6/c1-3-4-5-6-7-11-14-18(21(27)28)23-20(26)19(16(2)25)24-22(29)30-15-17-12-9-8-10-13-17/h3,8-10,12-13,16,18-19,25H,1,4-7,11,14-15H2,2H3,(H,23,26)(H,24,29)(H,27,28)/t16-,18-,19+/m1/s1. The van der Waals surface area contributed by atoms with Gasteiger partial charge in [0.15, 0.2) is 0 Å². The minimum absolute atomic E-state index is 0.00439. The van der Waals surface area contributed by atoms with E-state index in [1.54, 1.807) is 24.3 Å². The number of ether oxygens (including phenoxy) is 1. The molecule has 0 saturated carbocycles. The van der Waals surface area contributed by atoms with Crippen molar-refractivity contribution in [1.82, 2.24) is 10.6 Å². The molecule has 0 aliphatic heterocycles. The highest BCUT2D eigenvalue weighted by molar-refractivity contribution is 5.89. The fourth-order valence-corrected chi connectivity index (χ4v) is 2.81. The Morgan fingerprint density at radius 1 is 1.10 bits per heavy atom. The van der Waals surface area contributed by atoms with Crippen molar-refractivity contribution < 1.29 is 29.3 Å². The van der Waals surface area contributed by atoms with Crippen LogP contribution in [-0.4, -0.2) is 46.4 Å². The van der Waals surface area contributed by atoms with Gasteiger partial charge in [0.1, 0.15) is 18.7 Å². The van der Waals surface area contributed by atoms with Gasteiger partial charge in [-0.15, -0.1) is 6.58 Å². The van der Waals surface area contributed by atoms with E-state index in [9.17, 15) is 24.6 Å². The van der Waals surface area contributed by atoms with Gasteiger partial charge in [-0.05, 0) is 31.7 Å². The number of hydrogen-bond acceptors (Lipinski definition) is 5. The maximum Gasteiger partial charge on any atom is 0.408 e. The third kappa shape index (κ3) is 10.1. The second kappa shape index (κ2) is 14.2. The lowest BCUT2D eigenvalue weighted by molar-refractivity contribution is -0.142. The summed E-state index contributed by atoms with van der Waals surface area (Å²) in [5.74, 6) is -1.94. The van der Waals surface area contributed by atoms with E-state index in [2.05, 4.69) is 17.2 Å². The van der Waals surface area contributed by atoms with Crippen LogP contribution in [0.3, 0.4) is 0 Å². The molecule has 0 bridgehead atoms. The number of nitrogens with one attached hydrogen (secondary N) is 2. The van der Waals surface area contributed by atoms with E-state index in [1.807, 2.05) is 12.1 Å². The van der Waals surface area contributed by atoms with Crippen LogP contribution in [0, 0.1) is 0 Å². The third-order valence-corrected chi connectivity index (χ3v) is 4.52. The number of carboxylic acids is 1. The first kappa shape index (κ1) is 25.2. The topological polar surface area (TPSA) is 125 Å². The number of aliphatic hydroxyl groups is 1. The molecular formula is C22H32N2O6. The first-order valence-corrected chi connectivity index (χ1v) is 10.1. The van der Waals surface area contributed by atoms with Gasteiger partial charge in [0, 0.05) is 0 Å². The highest BCUT2D eigenvalue weighted by atomic mass is 16.5. The van der Waals surface area contributed by atoms with E-state index in [1.165, 1.54) is 6.92 Å². The Morgan fingerprint density at radius 2 is 1.77 bits per heavy atom. The van der Waals surface area contributed by atoms with E-state index in [0.29, 0.717) is 6.42 Å². The summed E-state index contributed by atoms with van der Waals surface area (Å²) in [5.41, 5.74) is 0.768. The molecule has 0 saturated heterocycles. The van der Waals surface area contributed by atoms with Crippen molar-refractivity contribution >= 4 is 18.0 Å². The summed E-state index contributed by atoms with van der Waals surface area (Å²) in [6, 6.07) is 6.56. The molecule has 0 aliphatic carbocycles. The number of rotatable bonds is 14. The van der Waals surface area contributed by atoms with Crippen molar-refractivity contribution in [2.45, 2.75) is 70.2 Å². The van der Waals surface area contributed by atoms with Crippen LogP contribution in [0.5, 0.6) is 0 Å². The summed E-state index contributed by atoms with van der Waals surface area (Å²) >= 11 is 0. The minimum Gasteiger partial charge on any atom is -0.480 e. The largest absolute Gasteiger partial charge is 0.480 e. The first-order valence-electron chi connectivity index (χ1n) is 10.1. The Bertz CT molecular complexity index is 677. The third-order valence-electron chi connectivity index (χ3n) is 4.52. The van der Waals surface area contributed by atoms with Gasteiger partial charge < -0.3 is 25.6 Å². The lowest BCUT2D eigenvalue weighted by Gasteiger charge is -2.23. The van der Waals surface area contributed by atoms with Gasteiger partial charge in [0.25, 0.3) is 0 Å². The van der Waals surface area contributed by atoms with E-state index in [-0.39, 0.29) is 13.0 Å². The molecule has 0 heterocycles. The summed E-state index contributed by atoms with van der Waals surface area (Å²) in [6.45, 7) is 4.99. The van der Waals surface area contributed by atoms with Crippen molar-refractivity contribution in [3.63, 3.8) is 0 Å². The van der Waals surface area contributed by atoms with Crippen molar-refractivity contribution in [3.05, 3.63) is 48.6 Å². The van der Waals surface area contributed by atoms with Crippen molar-refractivity contribution in [2.24, 2.45) is 0 Å². The number of amides is 2. The maximum absolute atomic E-state index is 12.5. The molecule has 1 aromatic rings. The van der Waals surface area contributed by atoms with Crippen LogP contribution in [-0.2, 0) is 20.9 Å². The molecule has 0 spiro atoms. The molecule has 0 aliphatic rings. The molecule has 0 unspecified atom stereocenters. The number of carbonyl (C=O) groups excluding carboxylic acids is 2. The molecule has 1 rings (SSSR count). The van der Waals surface area contributed by atoms with Gasteiger partial charge in [-0.2, -0.15) is 0 Å². The van der Waals surface area contributed by atoms with Crippen LogP contribution in [0.25, 0.3) is 0 Å². The number of unbranched alkanes of at least 4 members (excludes halogenated alkanes) is 4. The zero-order chi connectivity index (χ0) is 22.4. The average Bonchev–Trinajstić information content (AvgIpc) is 2.72. The second-order valence-corrected chi connectivity index (χ2v) is 7.10. The molecule has 3 atom stereocenters. The molecule has 4 N–H and O–H groups in total. The molecule has 8 heteroatoms. The highest BCUT2D eigenvalue weighted by Crippen LogP contribution is 2.09. The van der Waals surface area contributed by atoms with Gasteiger partial charge in [0.2, 0.25) is 5.91 Å². The van der Waals surface area contributed by atoms with Crippen LogP contribution in [0.2, 0.25) is 0 Å². The molecular weight excluding hydrogens is 388 g/mol. The number of aliphatic carboxylic acids is 1. The molecule has 0 aromatic heterocycles.